The van der Waals surface area contributed by atoms with Crippen LogP contribution in [-0.4, -0.2) is 134 Å². The lowest BCUT2D eigenvalue weighted by Crippen LogP contribution is -2.48. The van der Waals surface area contributed by atoms with E-state index in [1.54, 1.807) is 46.2 Å². The van der Waals surface area contributed by atoms with Gasteiger partial charge in [-0.05, 0) is 112 Å². The SMILES string of the molecule is C=C(C(C)C)[C@@H](C)CC(C)(C)OC.CCCCCn1cnc(-c2cccnc2)c1.CCCOC(=O)[C@H](C)C(=O)[C@H](C)COC.CO[C@@H]1O[C@H](C)C[C@H](N(C)C)[C@H]1C.C[C@H]1N(C)C(=O)OC1(C)C. The summed E-state index contributed by atoms with van der Waals surface area (Å²) in [5, 5.41) is 0. The van der Waals surface area contributed by atoms with Crippen molar-refractivity contribution in [1.82, 2.24) is 24.3 Å². The molecule has 8 atom stereocenters. The predicted octanol–water partition coefficient (Wildman–Crippen LogP) is 10.8. The highest BCUT2D eigenvalue weighted by Gasteiger charge is 2.42. The number of unbranched alkanes of at least 4 members (excludes halogenated alkanes) is 2. The Morgan fingerprint density at radius 3 is 2.10 bits per heavy atom. The van der Waals surface area contributed by atoms with Gasteiger partial charge in [-0.2, -0.15) is 0 Å². The minimum absolute atomic E-state index is 0.0305. The Hall–Kier alpha value is -3.69. The molecule has 0 spiro atoms. The zero-order valence-corrected chi connectivity index (χ0v) is 45.6. The summed E-state index contributed by atoms with van der Waals surface area (Å²) in [6.45, 7) is 34.3. The molecule has 0 aliphatic carbocycles. The summed E-state index contributed by atoms with van der Waals surface area (Å²) in [4.78, 5) is 46.3. The largest absolute Gasteiger partial charge is 0.465 e. The van der Waals surface area contributed by atoms with Crippen molar-refractivity contribution in [2.75, 3.05) is 55.7 Å². The van der Waals surface area contributed by atoms with Crippen LogP contribution >= 0.6 is 0 Å². The summed E-state index contributed by atoms with van der Waals surface area (Å²) < 4.78 is 33.4. The maximum atomic E-state index is 11.7. The lowest BCUT2D eigenvalue weighted by Gasteiger charge is -2.41. The Morgan fingerprint density at radius 2 is 1.66 bits per heavy atom. The van der Waals surface area contributed by atoms with Gasteiger partial charge < -0.3 is 42.8 Å². The van der Waals surface area contributed by atoms with Crippen molar-refractivity contribution >= 4 is 17.8 Å². The third-order valence-electron chi connectivity index (χ3n) is 12.6. The maximum absolute atomic E-state index is 11.7. The molecule has 0 N–H and O–H groups in total. The summed E-state index contributed by atoms with van der Waals surface area (Å²) in [7, 11) is 11.0. The van der Waals surface area contributed by atoms with E-state index in [-0.39, 0.29) is 41.3 Å². The first-order chi connectivity index (χ1) is 31.2. The van der Waals surface area contributed by atoms with Crippen LogP contribution in [0.25, 0.3) is 11.3 Å². The number of carbonyl (C=O) groups excluding carboxylic acids is 3. The van der Waals surface area contributed by atoms with Crippen molar-refractivity contribution < 1.29 is 42.8 Å². The molecule has 0 aromatic carbocycles. The van der Waals surface area contributed by atoms with Gasteiger partial charge in [-0.25, -0.2) is 9.78 Å². The quantitative estimate of drug-likeness (QED) is 0.0572. The number of pyridine rings is 1. The second-order valence-electron chi connectivity index (χ2n) is 19.8. The summed E-state index contributed by atoms with van der Waals surface area (Å²) >= 11 is 0. The minimum Gasteiger partial charge on any atom is -0.465 e. The van der Waals surface area contributed by atoms with E-state index in [4.69, 9.17) is 28.4 Å². The molecule has 14 nitrogen and oxygen atoms in total. The second-order valence-corrected chi connectivity index (χ2v) is 19.8. The fourth-order valence-corrected chi connectivity index (χ4v) is 7.52. The van der Waals surface area contributed by atoms with Crippen LogP contribution in [0.1, 0.15) is 135 Å². The van der Waals surface area contributed by atoms with Gasteiger partial charge in [-0.3, -0.25) is 14.6 Å². The molecule has 1 amide bonds. The number of ketones is 1. The Labute approximate surface area is 407 Å². The Kier molecular flexibility index (Phi) is 30.4. The van der Waals surface area contributed by atoms with Crippen LogP contribution in [0.3, 0.4) is 0 Å². The highest BCUT2D eigenvalue weighted by atomic mass is 16.7. The highest BCUT2D eigenvalue weighted by Crippen LogP contribution is 2.29. The number of aryl methyl sites for hydroxylation is 1. The van der Waals surface area contributed by atoms with Crippen molar-refractivity contribution in [3.63, 3.8) is 0 Å². The normalized spacial score (nSPS) is 21.1. The van der Waals surface area contributed by atoms with Crippen LogP contribution in [0, 0.1) is 29.6 Å². The number of methoxy groups -OCH3 is 3. The molecule has 0 unspecified atom stereocenters. The van der Waals surface area contributed by atoms with Gasteiger partial charge in [0.15, 0.2) is 12.1 Å². The Balaban J connectivity index is 0.000000819. The van der Waals surface area contributed by atoms with E-state index in [1.807, 2.05) is 52.4 Å². The molecule has 2 aliphatic heterocycles. The number of rotatable bonds is 19. The number of ether oxygens (including phenoxy) is 6. The van der Waals surface area contributed by atoms with Crippen molar-refractivity contribution in [3.05, 3.63) is 49.2 Å². The van der Waals surface area contributed by atoms with Gasteiger partial charge in [-0.15, -0.1) is 0 Å². The zero-order valence-electron chi connectivity index (χ0n) is 45.6. The number of aromatic nitrogens is 3. The number of hydrogen-bond acceptors (Lipinski definition) is 12. The van der Waals surface area contributed by atoms with E-state index >= 15 is 0 Å². The van der Waals surface area contributed by atoms with Gasteiger partial charge in [0.25, 0.3) is 0 Å². The van der Waals surface area contributed by atoms with Gasteiger partial charge in [0.2, 0.25) is 0 Å². The van der Waals surface area contributed by atoms with Gasteiger partial charge >= 0.3 is 12.1 Å². The van der Waals surface area contributed by atoms with Crippen molar-refractivity contribution in [2.24, 2.45) is 29.6 Å². The number of likely N-dealkylation sites (N-methyl/N-ethyl adjacent to an activating group) is 1. The zero-order chi connectivity index (χ0) is 51.7. The number of imidazole rings is 1. The number of allylic oxidation sites excluding steroid dienone is 1. The molecule has 4 rings (SSSR count). The summed E-state index contributed by atoms with van der Waals surface area (Å²) in [5.74, 6) is 0.0254. The summed E-state index contributed by atoms with van der Waals surface area (Å²) in [6.07, 6.45) is 14.3. The number of esters is 1. The van der Waals surface area contributed by atoms with Gasteiger partial charge in [0.1, 0.15) is 11.5 Å². The minimum atomic E-state index is -0.693. The standard InChI is InChI=1S/C13H17N3.C12H24O.C11H20O4.C10H21NO2.C7H13NO2/c1-2-3-4-8-16-10-13(15-11-16)12-6-5-7-14-9-12;1-9(2)11(4)10(3)8-12(5,6)13-7;1-5-6-15-11(13)9(3)10(12)8(2)7-14-4;1-7-6-9(11(3)4)8(2)10(12-5)13-7;1-5-7(2,3)10-6(9)8(5)4/h5-7,9-11H,2-4,8H2,1H3;9-10H,4,8H2,1-3,5-7H3;8-9H,5-7H2,1-4H3;7-10H,6H2,1-5H3;5H,1-4H3/t;10-;8-,9-;7-,8-,9+,10-;5-/m.0111/s1. The number of Topliss-reactive ketones (excluding diaryl/α,β-unsaturated/α-hetero) is 1. The molecule has 2 aliphatic rings. The molecule has 4 heterocycles. The monoisotopic (exact) mass is 946 g/mol. The summed E-state index contributed by atoms with van der Waals surface area (Å²) in [6, 6.07) is 4.70. The second kappa shape index (κ2) is 32.2. The smallest absolute Gasteiger partial charge is 0.410 e. The van der Waals surface area contributed by atoms with Crippen LogP contribution in [0.15, 0.2) is 49.2 Å². The third-order valence-corrected chi connectivity index (χ3v) is 12.6. The van der Waals surface area contributed by atoms with Crippen molar-refractivity contribution in [2.45, 2.75) is 178 Å². The third kappa shape index (κ3) is 23.4. The highest BCUT2D eigenvalue weighted by molar-refractivity contribution is 5.99. The number of hydrogen-bond donors (Lipinski definition) is 0. The molecule has 0 saturated carbocycles. The average Bonchev–Trinajstić information content (AvgIpc) is 3.83. The molecule has 2 aromatic rings. The molecule has 0 radical (unpaired) electrons. The van der Waals surface area contributed by atoms with E-state index < -0.39 is 11.9 Å². The fourth-order valence-electron chi connectivity index (χ4n) is 7.52. The first-order valence-corrected chi connectivity index (χ1v) is 24.4. The molecule has 67 heavy (non-hydrogen) atoms. The lowest BCUT2D eigenvalue weighted by molar-refractivity contribution is -0.217. The Bertz CT molecular complexity index is 1680. The number of cyclic esters (lactones) is 1. The first kappa shape index (κ1) is 63.3. The Morgan fingerprint density at radius 1 is 1.01 bits per heavy atom. The molecular formula is C53H95N5O9. The molecule has 2 saturated heterocycles. The average molecular weight is 946 g/mol. The number of amides is 1. The van der Waals surface area contributed by atoms with Gasteiger partial charge in [0, 0.05) is 77.0 Å². The van der Waals surface area contributed by atoms with E-state index in [0.717, 1.165) is 37.1 Å². The van der Waals surface area contributed by atoms with Crippen LogP contribution in [-0.2, 0) is 44.6 Å². The molecule has 14 heteroatoms. The molecule has 2 fully saturated rings. The predicted molar refractivity (Wildman–Crippen MR) is 271 cm³/mol. The molecule has 0 bridgehead atoms. The van der Waals surface area contributed by atoms with Crippen molar-refractivity contribution in [3.8, 4) is 11.3 Å². The van der Waals surface area contributed by atoms with Crippen molar-refractivity contribution in [1.29, 1.82) is 0 Å². The first-order valence-electron chi connectivity index (χ1n) is 24.4. The summed E-state index contributed by atoms with van der Waals surface area (Å²) in [5.41, 5.74) is 3.05. The molecule has 2 aromatic heterocycles. The lowest BCUT2D eigenvalue weighted by atomic mass is 9.85. The van der Waals surface area contributed by atoms with Crippen LogP contribution < -0.4 is 0 Å². The van der Waals surface area contributed by atoms with E-state index in [1.165, 1.54) is 31.9 Å². The fraction of sp³-hybridized carbons (Fsp3) is 0.755. The van der Waals surface area contributed by atoms with E-state index in [2.05, 4.69) is 102 Å². The van der Waals surface area contributed by atoms with Gasteiger partial charge in [-0.1, -0.05) is 73.5 Å². The van der Waals surface area contributed by atoms with Gasteiger partial charge in [0.05, 0.1) is 43.0 Å². The maximum Gasteiger partial charge on any atom is 0.410 e. The molecular weight excluding hydrogens is 851 g/mol. The number of carbonyl (C=O) groups is 3. The van der Waals surface area contributed by atoms with Crippen LogP contribution in [0.5, 0.6) is 0 Å². The van der Waals surface area contributed by atoms with E-state index in [0.29, 0.717) is 43.1 Å². The van der Waals surface area contributed by atoms with Crippen LogP contribution in [0.4, 0.5) is 4.79 Å². The molecule has 386 valence electrons. The van der Waals surface area contributed by atoms with E-state index in [9.17, 15) is 14.4 Å². The topological polar surface area (TPSA) is 144 Å². The number of nitrogens with zero attached hydrogens (tertiary/aromatic N) is 5. The van der Waals surface area contributed by atoms with Crippen LogP contribution in [0.2, 0.25) is 0 Å².